The Morgan fingerprint density at radius 3 is 2.80 bits per heavy atom. The van der Waals surface area contributed by atoms with Gasteiger partial charge in [0.2, 0.25) is 11.1 Å². The fourth-order valence-electron chi connectivity index (χ4n) is 1.89. The molecule has 1 atom stereocenters. The molecule has 2 heterocycles. The van der Waals surface area contributed by atoms with Gasteiger partial charge in [-0.2, -0.15) is 0 Å². The highest BCUT2D eigenvalue weighted by atomic mass is 32.2. The lowest BCUT2D eigenvalue weighted by Crippen LogP contribution is -2.23. The summed E-state index contributed by atoms with van der Waals surface area (Å²) in [7, 11) is 0. The van der Waals surface area contributed by atoms with Gasteiger partial charge in [0, 0.05) is 0 Å². The van der Waals surface area contributed by atoms with Crippen molar-refractivity contribution in [2.24, 2.45) is 0 Å². The van der Waals surface area contributed by atoms with E-state index in [0.717, 1.165) is 28.8 Å². The number of halogens is 3. The highest BCUT2D eigenvalue weighted by Crippen LogP contribution is 2.26. The number of thioether (sulfide) groups is 1. The fraction of sp³-hybridized carbons (Fsp3) is 0.133. The van der Waals surface area contributed by atoms with E-state index in [1.165, 1.54) is 11.3 Å². The molecule has 2 N–H and O–H groups in total. The zero-order valence-corrected chi connectivity index (χ0v) is 14.4. The number of H-pyrrole nitrogens is 1. The quantitative estimate of drug-likeness (QED) is 0.514. The number of hydrogen-bond acceptors (Lipinski definition) is 5. The van der Waals surface area contributed by atoms with Crippen LogP contribution in [0.25, 0.3) is 10.7 Å². The summed E-state index contributed by atoms with van der Waals surface area (Å²) in [6, 6.07) is 5.46. The molecule has 0 aliphatic heterocycles. The Hall–Kier alpha value is -2.33. The minimum Gasteiger partial charge on any atom is -0.323 e. The van der Waals surface area contributed by atoms with Gasteiger partial charge in [0.1, 0.15) is 0 Å². The molecule has 130 valence electrons. The van der Waals surface area contributed by atoms with Gasteiger partial charge in [-0.15, -0.1) is 16.4 Å². The second kappa shape index (κ2) is 7.28. The highest BCUT2D eigenvalue weighted by molar-refractivity contribution is 8.00. The number of thiophene rings is 1. The van der Waals surface area contributed by atoms with Crippen LogP contribution in [0.15, 0.2) is 34.8 Å². The molecule has 0 spiro atoms. The van der Waals surface area contributed by atoms with Gasteiger partial charge in [0.15, 0.2) is 23.3 Å². The van der Waals surface area contributed by atoms with Crippen molar-refractivity contribution in [3.8, 4) is 10.7 Å². The Morgan fingerprint density at radius 1 is 1.28 bits per heavy atom. The number of rotatable bonds is 5. The minimum absolute atomic E-state index is 0.344. The summed E-state index contributed by atoms with van der Waals surface area (Å²) in [4.78, 5) is 17.3. The molecular weight excluding hydrogens is 373 g/mol. The number of carbonyl (C=O) groups is 1. The monoisotopic (exact) mass is 384 g/mol. The number of carbonyl (C=O) groups excluding carboxylic acids is 1. The van der Waals surface area contributed by atoms with E-state index < -0.39 is 34.3 Å². The van der Waals surface area contributed by atoms with Crippen molar-refractivity contribution in [3.63, 3.8) is 0 Å². The molecule has 1 amide bonds. The Balaban J connectivity index is 1.66. The lowest BCUT2D eigenvalue weighted by atomic mass is 10.2. The normalized spacial score (nSPS) is 12.2. The Morgan fingerprint density at radius 2 is 2.08 bits per heavy atom. The van der Waals surface area contributed by atoms with Crippen molar-refractivity contribution < 1.29 is 18.0 Å². The smallest absolute Gasteiger partial charge is 0.237 e. The first-order valence-electron chi connectivity index (χ1n) is 7.03. The Bertz CT molecular complexity index is 898. The van der Waals surface area contributed by atoms with Crippen LogP contribution in [0.2, 0.25) is 0 Å². The predicted molar refractivity (Wildman–Crippen MR) is 90.0 cm³/mol. The summed E-state index contributed by atoms with van der Waals surface area (Å²) in [5.74, 6) is -4.40. The Kier molecular flexibility index (Phi) is 5.09. The third-order valence-corrected chi connectivity index (χ3v) is 5.00. The van der Waals surface area contributed by atoms with E-state index in [-0.39, 0.29) is 0 Å². The molecule has 1 aromatic carbocycles. The molecular formula is C15H11F3N4OS2. The van der Waals surface area contributed by atoms with E-state index in [2.05, 4.69) is 20.5 Å². The summed E-state index contributed by atoms with van der Waals surface area (Å²) >= 11 is 2.54. The van der Waals surface area contributed by atoms with E-state index in [1.807, 2.05) is 17.5 Å². The number of nitrogens with one attached hydrogen (secondary N) is 2. The molecule has 3 aromatic rings. The maximum absolute atomic E-state index is 13.6. The summed E-state index contributed by atoms with van der Waals surface area (Å²) in [5.41, 5.74) is -0.425. The van der Waals surface area contributed by atoms with Crippen LogP contribution in [0.1, 0.15) is 6.92 Å². The lowest BCUT2D eigenvalue weighted by Gasteiger charge is -2.11. The number of benzene rings is 1. The van der Waals surface area contributed by atoms with Crippen molar-refractivity contribution in [1.29, 1.82) is 0 Å². The first-order valence-corrected chi connectivity index (χ1v) is 8.79. The van der Waals surface area contributed by atoms with Crippen LogP contribution in [0.3, 0.4) is 0 Å². The van der Waals surface area contributed by atoms with Crippen LogP contribution in [-0.4, -0.2) is 26.3 Å². The zero-order chi connectivity index (χ0) is 18.0. The summed E-state index contributed by atoms with van der Waals surface area (Å²) in [6.07, 6.45) is 0. The molecule has 5 nitrogen and oxygen atoms in total. The van der Waals surface area contributed by atoms with Crippen molar-refractivity contribution >= 4 is 34.7 Å². The molecule has 0 radical (unpaired) electrons. The first kappa shape index (κ1) is 17.5. The van der Waals surface area contributed by atoms with Crippen LogP contribution in [0.5, 0.6) is 0 Å². The molecule has 0 unspecified atom stereocenters. The van der Waals surface area contributed by atoms with Gasteiger partial charge in [0.25, 0.3) is 0 Å². The molecule has 2 aromatic heterocycles. The van der Waals surface area contributed by atoms with Crippen LogP contribution in [0, 0.1) is 17.5 Å². The van der Waals surface area contributed by atoms with E-state index in [9.17, 15) is 18.0 Å². The molecule has 25 heavy (non-hydrogen) atoms. The van der Waals surface area contributed by atoms with Crippen LogP contribution >= 0.6 is 23.1 Å². The largest absolute Gasteiger partial charge is 0.323 e. The highest BCUT2D eigenvalue weighted by Gasteiger charge is 2.21. The van der Waals surface area contributed by atoms with Gasteiger partial charge in [0.05, 0.1) is 15.8 Å². The standard InChI is InChI=1S/C15H11F3N4OS2/c1-7(14(23)19-9-5-4-8(16)11(17)12(9)18)25-15-20-13(21-22-15)10-3-2-6-24-10/h2-7H,1H3,(H,19,23)(H,20,21,22)/t7-/m1/s1. The Labute approximate surface area is 148 Å². The number of aromatic amines is 1. The maximum Gasteiger partial charge on any atom is 0.237 e. The fourth-order valence-corrected chi connectivity index (χ4v) is 3.28. The van der Waals surface area contributed by atoms with Gasteiger partial charge >= 0.3 is 0 Å². The van der Waals surface area contributed by atoms with Crippen molar-refractivity contribution in [3.05, 3.63) is 47.1 Å². The average molecular weight is 384 g/mol. The molecule has 0 saturated carbocycles. The number of anilines is 1. The lowest BCUT2D eigenvalue weighted by molar-refractivity contribution is -0.115. The van der Waals surface area contributed by atoms with Crippen molar-refractivity contribution in [2.45, 2.75) is 17.3 Å². The second-order valence-electron chi connectivity index (χ2n) is 4.92. The van der Waals surface area contributed by atoms with Crippen LogP contribution < -0.4 is 5.32 Å². The number of hydrogen-bond donors (Lipinski definition) is 2. The number of amides is 1. The van der Waals surface area contributed by atoms with Crippen LogP contribution in [-0.2, 0) is 4.79 Å². The molecule has 0 aliphatic carbocycles. The third-order valence-electron chi connectivity index (χ3n) is 3.16. The van der Waals surface area contributed by atoms with Gasteiger partial charge in [-0.25, -0.2) is 18.2 Å². The second-order valence-corrected chi connectivity index (χ2v) is 7.17. The molecule has 0 aliphatic rings. The molecule has 0 saturated heterocycles. The van der Waals surface area contributed by atoms with Crippen molar-refractivity contribution in [2.75, 3.05) is 5.32 Å². The number of aromatic nitrogens is 3. The van der Waals surface area contributed by atoms with Gasteiger partial charge < -0.3 is 5.32 Å². The van der Waals surface area contributed by atoms with E-state index in [4.69, 9.17) is 0 Å². The summed E-state index contributed by atoms with van der Waals surface area (Å²) in [6.45, 7) is 1.57. The molecule has 0 fully saturated rings. The van der Waals surface area contributed by atoms with E-state index >= 15 is 0 Å². The van der Waals surface area contributed by atoms with Gasteiger partial charge in [-0.1, -0.05) is 17.8 Å². The summed E-state index contributed by atoms with van der Waals surface area (Å²) in [5, 5.41) is 10.6. The van der Waals surface area contributed by atoms with Gasteiger partial charge in [-0.05, 0) is 30.5 Å². The molecule has 10 heteroatoms. The van der Waals surface area contributed by atoms with Crippen LogP contribution in [0.4, 0.5) is 18.9 Å². The maximum atomic E-state index is 13.6. The zero-order valence-electron chi connectivity index (χ0n) is 12.7. The molecule has 3 rings (SSSR count). The molecule has 0 bridgehead atoms. The van der Waals surface area contributed by atoms with E-state index in [1.54, 1.807) is 6.92 Å². The predicted octanol–water partition coefficient (Wildman–Crippen LogP) is 4.07. The topological polar surface area (TPSA) is 70.7 Å². The number of nitrogens with zero attached hydrogens (tertiary/aromatic N) is 2. The van der Waals surface area contributed by atoms with Crippen molar-refractivity contribution in [1.82, 2.24) is 15.2 Å². The minimum atomic E-state index is -1.63. The third kappa shape index (κ3) is 3.85. The van der Waals surface area contributed by atoms with E-state index in [0.29, 0.717) is 11.0 Å². The SMILES string of the molecule is C[C@@H](Sc1n[nH]c(-c2cccs2)n1)C(=O)Nc1ccc(F)c(F)c1F. The first-order chi connectivity index (χ1) is 12.0. The average Bonchev–Trinajstić information content (AvgIpc) is 3.26. The van der Waals surface area contributed by atoms with Gasteiger partial charge in [-0.3, -0.25) is 9.89 Å². The summed E-state index contributed by atoms with van der Waals surface area (Å²) < 4.78 is 39.7.